The smallest absolute Gasteiger partial charge is 0.124 e. The highest BCUT2D eigenvalue weighted by molar-refractivity contribution is 5.00. The van der Waals surface area contributed by atoms with Crippen LogP contribution in [0.5, 0.6) is 0 Å². The van der Waals surface area contributed by atoms with Gasteiger partial charge in [-0.15, -0.1) is 0 Å². The van der Waals surface area contributed by atoms with Crippen LogP contribution in [0, 0.1) is 11.3 Å². The first-order valence-corrected chi connectivity index (χ1v) is 3.39. The van der Waals surface area contributed by atoms with Gasteiger partial charge in [-0.05, 0) is 6.92 Å². The van der Waals surface area contributed by atoms with Gasteiger partial charge in [0.1, 0.15) is 5.54 Å². The summed E-state index contributed by atoms with van der Waals surface area (Å²) < 4.78 is 9.80. The Labute approximate surface area is 66.9 Å². The maximum Gasteiger partial charge on any atom is 0.124 e. The second-order valence-electron chi connectivity index (χ2n) is 2.57. The van der Waals surface area contributed by atoms with Gasteiger partial charge in [0.2, 0.25) is 0 Å². The Bertz CT molecular complexity index is 140. The van der Waals surface area contributed by atoms with Crippen LogP contribution < -0.4 is 5.73 Å². The van der Waals surface area contributed by atoms with Gasteiger partial charge in [-0.2, -0.15) is 5.26 Å². The topological polar surface area (TPSA) is 68.3 Å². The van der Waals surface area contributed by atoms with Crippen molar-refractivity contribution in [1.29, 1.82) is 5.26 Å². The fourth-order valence-electron chi connectivity index (χ4n) is 0.459. The number of methoxy groups -OCH3 is 1. The summed E-state index contributed by atoms with van der Waals surface area (Å²) in [5, 5.41) is 8.46. The van der Waals surface area contributed by atoms with E-state index in [1.54, 1.807) is 14.0 Å². The molecular formula is C7H14N2O2. The summed E-state index contributed by atoms with van der Waals surface area (Å²) in [4.78, 5) is 0. The van der Waals surface area contributed by atoms with Gasteiger partial charge in [0.25, 0.3) is 0 Å². The number of nitriles is 1. The Kier molecular flexibility index (Phi) is 4.79. The van der Waals surface area contributed by atoms with Gasteiger partial charge in [-0.3, -0.25) is 0 Å². The maximum atomic E-state index is 8.46. The van der Waals surface area contributed by atoms with Crippen molar-refractivity contribution < 1.29 is 9.47 Å². The molecule has 0 rings (SSSR count). The van der Waals surface area contributed by atoms with Gasteiger partial charge in [0.05, 0.1) is 25.9 Å². The molecule has 0 aromatic carbocycles. The van der Waals surface area contributed by atoms with Crippen molar-refractivity contribution in [2.45, 2.75) is 12.5 Å². The molecule has 1 unspecified atom stereocenters. The molecule has 0 radical (unpaired) electrons. The van der Waals surface area contributed by atoms with Gasteiger partial charge in [0.15, 0.2) is 0 Å². The molecule has 2 N–H and O–H groups in total. The first kappa shape index (κ1) is 10.4. The molecule has 0 fully saturated rings. The SMILES string of the molecule is COCCOCC(C)(N)C#N. The highest BCUT2D eigenvalue weighted by Gasteiger charge is 2.16. The number of hydrogen-bond donors (Lipinski definition) is 1. The van der Waals surface area contributed by atoms with Crippen LogP contribution >= 0.6 is 0 Å². The lowest BCUT2D eigenvalue weighted by Gasteiger charge is -2.14. The summed E-state index contributed by atoms with van der Waals surface area (Å²) in [6, 6.07) is 1.93. The molecule has 11 heavy (non-hydrogen) atoms. The molecule has 0 heterocycles. The molecule has 0 aromatic rings. The summed E-state index contributed by atoms with van der Waals surface area (Å²) >= 11 is 0. The Balaban J connectivity index is 3.32. The van der Waals surface area contributed by atoms with Gasteiger partial charge < -0.3 is 15.2 Å². The van der Waals surface area contributed by atoms with Crippen molar-refractivity contribution in [3.63, 3.8) is 0 Å². The lowest BCUT2D eigenvalue weighted by molar-refractivity contribution is 0.0564. The van der Waals surface area contributed by atoms with Crippen molar-refractivity contribution in [1.82, 2.24) is 0 Å². The van der Waals surface area contributed by atoms with Crippen molar-refractivity contribution in [2.24, 2.45) is 5.73 Å². The zero-order valence-electron chi connectivity index (χ0n) is 6.96. The molecule has 0 saturated carbocycles. The molecule has 0 aliphatic heterocycles. The predicted octanol–water partition coefficient (Wildman–Crippen LogP) is -0.110. The van der Waals surface area contributed by atoms with E-state index in [0.29, 0.717) is 13.2 Å². The summed E-state index contributed by atoms with van der Waals surface area (Å²) in [5.41, 5.74) is 4.59. The first-order chi connectivity index (χ1) is 5.12. The van der Waals surface area contributed by atoms with Crippen LogP contribution in [-0.2, 0) is 9.47 Å². The second-order valence-corrected chi connectivity index (χ2v) is 2.57. The van der Waals surface area contributed by atoms with E-state index < -0.39 is 5.54 Å². The van der Waals surface area contributed by atoms with Crippen molar-refractivity contribution >= 4 is 0 Å². The number of ether oxygens (including phenoxy) is 2. The van der Waals surface area contributed by atoms with E-state index in [4.69, 9.17) is 20.5 Å². The molecule has 4 heteroatoms. The van der Waals surface area contributed by atoms with Gasteiger partial charge >= 0.3 is 0 Å². The number of rotatable bonds is 5. The first-order valence-electron chi connectivity index (χ1n) is 3.39. The van der Waals surface area contributed by atoms with Crippen LogP contribution in [0.15, 0.2) is 0 Å². The summed E-state index contributed by atoms with van der Waals surface area (Å²) in [7, 11) is 1.59. The monoisotopic (exact) mass is 158 g/mol. The quantitative estimate of drug-likeness (QED) is 0.567. The van der Waals surface area contributed by atoms with E-state index in [1.807, 2.05) is 6.07 Å². The van der Waals surface area contributed by atoms with Crippen molar-refractivity contribution in [2.75, 3.05) is 26.9 Å². The van der Waals surface area contributed by atoms with E-state index in [0.717, 1.165) is 0 Å². The van der Waals surface area contributed by atoms with Gasteiger partial charge in [-0.1, -0.05) is 0 Å². The van der Waals surface area contributed by atoms with Crippen LogP contribution in [-0.4, -0.2) is 32.5 Å². The second kappa shape index (κ2) is 5.08. The van der Waals surface area contributed by atoms with Crippen molar-refractivity contribution in [3.8, 4) is 6.07 Å². The minimum absolute atomic E-state index is 0.243. The Morgan fingerprint density at radius 2 is 2.18 bits per heavy atom. The highest BCUT2D eigenvalue weighted by Crippen LogP contribution is 1.96. The third kappa shape index (κ3) is 5.80. The summed E-state index contributed by atoms with van der Waals surface area (Å²) in [6.07, 6.45) is 0. The Morgan fingerprint density at radius 3 is 2.64 bits per heavy atom. The zero-order chi connectivity index (χ0) is 8.74. The molecule has 0 aliphatic carbocycles. The molecule has 0 bridgehead atoms. The molecule has 64 valence electrons. The normalized spacial score (nSPS) is 15.5. The van der Waals surface area contributed by atoms with E-state index in [-0.39, 0.29) is 6.61 Å². The van der Waals surface area contributed by atoms with Crippen molar-refractivity contribution in [3.05, 3.63) is 0 Å². The predicted molar refractivity (Wildman–Crippen MR) is 40.9 cm³/mol. The molecule has 0 aliphatic rings. The molecule has 0 amide bonds. The average molecular weight is 158 g/mol. The van der Waals surface area contributed by atoms with Crippen LogP contribution in [0.2, 0.25) is 0 Å². The minimum atomic E-state index is -0.881. The standard InChI is InChI=1S/C7H14N2O2/c1-7(9,5-8)6-11-4-3-10-2/h3-4,6,9H2,1-2H3. The molecule has 0 aromatic heterocycles. The zero-order valence-corrected chi connectivity index (χ0v) is 6.96. The van der Waals surface area contributed by atoms with E-state index in [2.05, 4.69) is 0 Å². The third-order valence-electron chi connectivity index (χ3n) is 1.09. The van der Waals surface area contributed by atoms with E-state index >= 15 is 0 Å². The van der Waals surface area contributed by atoms with Crippen LogP contribution in [0.4, 0.5) is 0 Å². The fourth-order valence-corrected chi connectivity index (χ4v) is 0.459. The largest absolute Gasteiger partial charge is 0.382 e. The van der Waals surface area contributed by atoms with Gasteiger partial charge in [0, 0.05) is 7.11 Å². The number of nitrogens with zero attached hydrogens (tertiary/aromatic N) is 1. The van der Waals surface area contributed by atoms with E-state index in [1.165, 1.54) is 0 Å². The number of hydrogen-bond acceptors (Lipinski definition) is 4. The number of nitrogens with two attached hydrogens (primary N) is 1. The molecule has 0 saturated heterocycles. The fraction of sp³-hybridized carbons (Fsp3) is 0.857. The Morgan fingerprint density at radius 1 is 1.55 bits per heavy atom. The maximum absolute atomic E-state index is 8.46. The minimum Gasteiger partial charge on any atom is -0.382 e. The molecule has 4 nitrogen and oxygen atoms in total. The lowest BCUT2D eigenvalue weighted by atomic mass is 10.1. The van der Waals surface area contributed by atoms with Crippen LogP contribution in [0.1, 0.15) is 6.92 Å². The van der Waals surface area contributed by atoms with Crippen LogP contribution in [0.3, 0.4) is 0 Å². The average Bonchev–Trinajstić information content (AvgIpc) is 1.99. The Hall–Kier alpha value is -0.630. The van der Waals surface area contributed by atoms with E-state index in [9.17, 15) is 0 Å². The van der Waals surface area contributed by atoms with Gasteiger partial charge in [-0.25, -0.2) is 0 Å². The highest BCUT2D eigenvalue weighted by atomic mass is 16.5. The molecule has 1 atom stereocenters. The third-order valence-corrected chi connectivity index (χ3v) is 1.09. The molecular weight excluding hydrogens is 144 g/mol. The molecule has 0 spiro atoms. The van der Waals surface area contributed by atoms with Crippen LogP contribution in [0.25, 0.3) is 0 Å². The summed E-state index contributed by atoms with van der Waals surface area (Å²) in [6.45, 7) is 2.87. The summed E-state index contributed by atoms with van der Waals surface area (Å²) in [5.74, 6) is 0. The lowest BCUT2D eigenvalue weighted by Crippen LogP contribution is -2.39.